The smallest absolute Gasteiger partial charge is 0.197 e. The van der Waals surface area contributed by atoms with Gasteiger partial charge in [-0.05, 0) is 23.8 Å². The Morgan fingerprint density at radius 2 is 1.83 bits per heavy atom. The molecule has 1 unspecified atom stereocenters. The first-order chi connectivity index (χ1) is 8.59. The molecule has 0 aliphatic carbocycles. The fourth-order valence-corrected chi connectivity index (χ4v) is 1.69. The molecule has 4 heteroatoms. The van der Waals surface area contributed by atoms with E-state index in [0.29, 0.717) is 5.56 Å². The van der Waals surface area contributed by atoms with Gasteiger partial charge in [-0.15, -0.1) is 0 Å². The largest absolute Gasteiger partial charge is 0.398 e. The molecule has 0 fully saturated rings. The van der Waals surface area contributed by atoms with Crippen molar-refractivity contribution >= 4 is 11.5 Å². The van der Waals surface area contributed by atoms with Crippen LogP contribution in [0.4, 0.5) is 10.1 Å². The number of halogens is 1. The molecule has 2 aromatic rings. The van der Waals surface area contributed by atoms with Gasteiger partial charge in [-0.1, -0.05) is 30.3 Å². The highest BCUT2D eigenvalue weighted by Crippen LogP contribution is 2.22. The Hall–Kier alpha value is -2.20. The minimum Gasteiger partial charge on any atom is -0.398 e. The molecule has 2 aromatic carbocycles. The predicted octanol–water partition coefficient (Wildman–Crippen LogP) is 2.32. The van der Waals surface area contributed by atoms with Gasteiger partial charge in [0.25, 0.3) is 0 Å². The summed E-state index contributed by atoms with van der Waals surface area (Å²) in [6.07, 6.45) is -1.29. The van der Waals surface area contributed by atoms with Crippen LogP contribution in [0.5, 0.6) is 0 Å². The molecule has 0 bridgehead atoms. The fourth-order valence-electron chi connectivity index (χ4n) is 1.69. The van der Waals surface area contributed by atoms with Crippen molar-refractivity contribution in [2.75, 3.05) is 5.73 Å². The van der Waals surface area contributed by atoms with Crippen molar-refractivity contribution in [3.05, 3.63) is 65.5 Å². The molecule has 3 N–H and O–H groups in total. The average Bonchev–Trinajstić information content (AvgIpc) is 2.38. The lowest BCUT2D eigenvalue weighted by Crippen LogP contribution is -2.14. The van der Waals surface area contributed by atoms with Crippen LogP contribution in [-0.4, -0.2) is 10.9 Å². The number of nitrogens with two attached hydrogens (primary N) is 1. The lowest BCUT2D eigenvalue weighted by atomic mass is 9.99. The number of aliphatic hydroxyl groups is 1. The molecule has 92 valence electrons. The topological polar surface area (TPSA) is 63.3 Å². The van der Waals surface area contributed by atoms with Crippen molar-refractivity contribution in [1.29, 1.82) is 0 Å². The number of ketones is 1. The molecule has 0 heterocycles. The van der Waals surface area contributed by atoms with E-state index in [9.17, 15) is 14.3 Å². The van der Waals surface area contributed by atoms with Crippen molar-refractivity contribution in [2.45, 2.75) is 6.10 Å². The molecule has 0 saturated carbocycles. The van der Waals surface area contributed by atoms with Crippen LogP contribution in [0.2, 0.25) is 0 Å². The summed E-state index contributed by atoms with van der Waals surface area (Å²) < 4.78 is 12.9. The standard InChI is InChI=1S/C14H12FNO2/c15-10-6-7-11(12(16)8-10)14(18)13(17)9-4-2-1-3-5-9/h1-8,13,17H,16H2. The number of benzene rings is 2. The van der Waals surface area contributed by atoms with Crippen molar-refractivity contribution < 1.29 is 14.3 Å². The summed E-state index contributed by atoms with van der Waals surface area (Å²) in [4.78, 5) is 12.0. The maximum Gasteiger partial charge on any atom is 0.197 e. The van der Waals surface area contributed by atoms with E-state index in [1.54, 1.807) is 30.3 Å². The second kappa shape index (κ2) is 4.98. The van der Waals surface area contributed by atoms with Crippen LogP contribution in [0.15, 0.2) is 48.5 Å². The molecule has 18 heavy (non-hydrogen) atoms. The zero-order chi connectivity index (χ0) is 13.1. The highest BCUT2D eigenvalue weighted by Gasteiger charge is 2.21. The van der Waals surface area contributed by atoms with Crippen LogP contribution >= 0.6 is 0 Å². The van der Waals surface area contributed by atoms with E-state index in [-0.39, 0.29) is 11.3 Å². The molecule has 2 rings (SSSR count). The van der Waals surface area contributed by atoms with Gasteiger partial charge in [0, 0.05) is 11.3 Å². The molecule has 0 aliphatic heterocycles. The first kappa shape index (κ1) is 12.3. The zero-order valence-electron chi connectivity index (χ0n) is 9.51. The second-order valence-electron chi connectivity index (χ2n) is 3.91. The van der Waals surface area contributed by atoms with Crippen LogP contribution in [-0.2, 0) is 0 Å². The maximum atomic E-state index is 12.9. The summed E-state index contributed by atoms with van der Waals surface area (Å²) in [5.41, 5.74) is 6.19. The number of nitrogen functional groups attached to an aromatic ring is 1. The third kappa shape index (κ3) is 2.38. The molecule has 0 aromatic heterocycles. The Balaban J connectivity index is 2.32. The Labute approximate surface area is 104 Å². The summed E-state index contributed by atoms with van der Waals surface area (Å²) in [7, 11) is 0. The van der Waals surface area contributed by atoms with Gasteiger partial charge in [-0.2, -0.15) is 0 Å². The number of carbonyl (C=O) groups is 1. The van der Waals surface area contributed by atoms with Gasteiger partial charge in [0.2, 0.25) is 0 Å². The molecule has 0 spiro atoms. The lowest BCUT2D eigenvalue weighted by molar-refractivity contribution is 0.0748. The van der Waals surface area contributed by atoms with Crippen molar-refractivity contribution in [1.82, 2.24) is 0 Å². The number of hydrogen-bond acceptors (Lipinski definition) is 3. The normalized spacial score (nSPS) is 12.1. The number of rotatable bonds is 3. The Morgan fingerprint density at radius 1 is 1.17 bits per heavy atom. The minimum atomic E-state index is -1.29. The van der Waals surface area contributed by atoms with E-state index in [1.165, 1.54) is 6.07 Å². The summed E-state index contributed by atoms with van der Waals surface area (Å²) in [6, 6.07) is 12.0. The van der Waals surface area contributed by atoms with E-state index in [2.05, 4.69) is 0 Å². The Morgan fingerprint density at radius 3 is 2.44 bits per heavy atom. The van der Waals surface area contributed by atoms with Crippen LogP contribution in [0.1, 0.15) is 22.0 Å². The number of aliphatic hydroxyl groups excluding tert-OH is 1. The zero-order valence-corrected chi connectivity index (χ0v) is 9.51. The van der Waals surface area contributed by atoms with Crippen molar-refractivity contribution in [3.8, 4) is 0 Å². The van der Waals surface area contributed by atoms with Gasteiger partial charge in [0.15, 0.2) is 5.78 Å². The molecule has 3 nitrogen and oxygen atoms in total. The lowest BCUT2D eigenvalue weighted by Gasteiger charge is -2.11. The van der Waals surface area contributed by atoms with Gasteiger partial charge >= 0.3 is 0 Å². The molecule has 0 saturated heterocycles. The highest BCUT2D eigenvalue weighted by molar-refractivity contribution is 6.03. The minimum absolute atomic E-state index is 0.0231. The molecular weight excluding hydrogens is 233 g/mol. The van der Waals surface area contributed by atoms with Gasteiger partial charge in [0.05, 0.1) is 0 Å². The quantitative estimate of drug-likeness (QED) is 0.644. The predicted molar refractivity (Wildman–Crippen MR) is 66.5 cm³/mol. The van der Waals surface area contributed by atoms with Crippen molar-refractivity contribution in [3.63, 3.8) is 0 Å². The molecule has 0 amide bonds. The number of anilines is 1. The average molecular weight is 245 g/mol. The summed E-state index contributed by atoms with van der Waals surface area (Å²) in [5.74, 6) is -1.06. The van der Waals surface area contributed by atoms with Crippen molar-refractivity contribution in [2.24, 2.45) is 0 Å². The molecule has 0 radical (unpaired) electrons. The summed E-state index contributed by atoms with van der Waals surface area (Å²) in [6.45, 7) is 0. The molecular formula is C14H12FNO2. The van der Waals surface area contributed by atoms with E-state index in [4.69, 9.17) is 5.73 Å². The van der Waals surface area contributed by atoms with Gasteiger partial charge in [-0.3, -0.25) is 4.79 Å². The SMILES string of the molecule is Nc1cc(F)ccc1C(=O)C(O)c1ccccc1. The van der Waals surface area contributed by atoms with E-state index < -0.39 is 17.7 Å². The number of carbonyl (C=O) groups excluding carboxylic acids is 1. The monoisotopic (exact) mass is 245 g/mol. The Kier molecular flexibility index (Phi) is 3.39. The second-order valence-corrected chi connectivity index (χ2v) is 3.91. The van der Waals surface area contributed by atoms with E-state index in [1.807, 2.05) is 0 Å². The van der Waals surface area contributed by atoms with Crippen LogP contribution in [0.3, 0.4) is 0 Å². The summed E-state index contributed by atoms with van der Waals surface area (Å²) in [5, 5.41) is 9.94. The van der Waals surface area contributed by atoms with Gasteiger partial charge in [-0.25, -0.2) is 4.39 Å². The number of Topliss-reactive ketones (excluding diaryl/α,β-unsaturated/α-hetero) is 1. The fraction of sp³-hybridized carbons (Fsp3) is 0.0714. The highest BCUT2D eigenvalue weighted by atomic mass is 19.1. The first-order valence-corrected chi connectivity index (χ1v) is 5.42. The van der Waals surface area contributed by atoms with E-state index >= 15 is 0 Å². The summed E-state index contributed by atoms with van der Waals surface area (Å²) >= 11 is 0. The van der Waals surface area contributed by atoms with Gasteiger partial charge < -0.3 is 10.8 Å². The van der Waals surface area contributed by atoms with Gasteiger partial charge in [0.1, 0.15) is 11.9 Å². The molecule has 0 aliphatic rings. The van der Waals surface area contributed by atoms with Crippen LogP contribution in [0, 0.1) is 5.82 Å². The first-order valence-electron chi connectivity index (χ1n) is 5.42. The van der Waals surface area contributed by atoms with Crippen LogP contribution < -0.4 is 5.73 Å². The van der Waals surface area contributed by atoms with E-state index in [0.717, 1.165) is 12.1 Å². The maximum absolute atomic E-state index is 12.9. The third-order valence-electron chi connectivity index (χ3n) is 2.64. The Bertz CT molecular complexity index is 569. The number of hydrogen-bond donors (Lipinski definition) is 2. The molecule has 1 atom stereocenters. The third-order valence-corrected chi connectivity index (χ3v) is 2.64. The van der Waals surface area contributed by atoms with Crippen LogP contribution in [0.25, 0.3) is 0 Å².